The minimum absolute atomic E-state index is 0.617. The molecule has 0 amide bonds. The summed E-state index contributed by atoms with van der Waals surface area (Å²) in [6, 6.07) is 8.91. The van der Waals surface area contributed by atoms with Crippen molar-refractivity contribution in [3.8, 4) is 0 Å². The highest BCUT2D eigenvalue weighted by Crippen LogP contribution is 2.27. The third-order valence-electron chi connectivity index (χ3n) is 4.78. The number of fused-ring (bicyclic) bond motifs is 1. The topological polar surface area (TPSA) is 41.5 Å². The van der Waals surface area contributed by atoms with Crippen LogP contribution in [0.1, 0.15) is 12.8 Å². The average molecular weight is 298 g/mol. The summed E-state index contributed by atoms with van der Waals surface area (Å²) < 4.78 is 5.48. The molecule has 0 spiro atoms. The maximum Gasteiger partial charge on any atom is 0.139 e. The molecule has 2 aliphatic rings. The van der Waals surface area contributed by atoms with Gasteiger partial charge in [0.1, 0.15) is 12.1 Å². The summed E-state index contributed by atoms with van der Waals surface area (Å²) in [6.07, 6.45) is 4.19. The largest absolute Gasteiger partial charge is 0.379 e. The van der Waals surface area contributed by atoms with E-state index in [2.05, 4.69) is 38.0 Å². The Bertz CT molecular complexity index is 636. The molecule has 1 atom stereocenters. The second kappa shape index (κ2) is 6.18. The first-order valence-corrected chi connectivity index (χ1v) is 8.18. The molecule has 0 saturated carbocycles. The van der Waals surface area contributed by atoms with Crippen LogP contribution in [0.3, 0.4) is 0 Å². The van der Waals surface area contributed by atoms with Gasteiger partial charge >= 0.3 is 0 Å². The number of hydrogen-bond acceptors (Lipinski definition) is 5. The van der Waals surface area contributed by atoms with Crippen molar-refractivity contribution in [2.45, 2.75) is 18.9 Å². The molecular weight excluding hydrogens is 276 g/mol. The maximum atomic E-state index is 5.48. The van der Waals surface area contributed by atoms with Gasteiger partial charge in [-0.05, 0) is 25.0 Å². The van der Waals surface area contributed by atoms with E-state index in [1.54, 1.807) is 6.33 Å². The highest BCUT2D eigenvalue weighted by atomic mass is 16.5. The van der Waals surface area contributed by atoms with Crippen LogP contribution < -0.4 is 4.90 Å². The molecule has 0 radical (unpaired) electrons. The average Bonchev–Trinajstić information content (AvgIpc) is 2.62. The Morgan fingerprint density at radius 1 is 1.05 bits per heavy atom. The maximum absolute atomic E-state index is 5.48. The van der Waals surface area contributed by atoms with Crippen LogP contribution in [0.15, 0.2) is 30.6 Å². The summed E-state index contributed by atoms with van der Waals surface area (Å²) in [4.78, 5) is 14.0. The first kappa shape index (κ1) is 13.9. The van der Waals surface area contributed by atoms with Gasteiger partial charge in [-0.2, -0.15) is 0 Å². The van der Waals surface area contributed by atoms with E-state index in [0.29, 0.717) is 6.04 Å². The van der Waals surface area contributed by atoms with Crippen molar-refractivity contribution >= 4 is 16.7 Å². The minimum Gasteiger partial charge on any atom is -0.379 e. The van der Waals surface area contributed by atoms with Gasteiger partial charge in [-0.25, -0.2) is 9.97 Å². The van der Waals surface area contributed by atoms with Gasteiger partial charge in [0, 0.05) is 37.6 Å². The molecule has 0 N–H and O–H groups in total. The zero-order valence-corrected chi connectivity index (χ0v) is 12.8. The monoisotopic (exact) mass is 298 g/mol. The first-order chi connectivity index (χ1) is 10.9. The van der Waals surface area contributed by atoms with E-state index >= 15 is 0 Å². The van der Waals surface area contributed by atoms with E-state index in [-0.39, 0.29) is 0 Å². The van der Waals surface area contributed by atoms with Crippen LogP contribution in [0.25, 0.3) is 10.9 Å². The van der Waals surface area contributed by atoms with Gasteiger partial charge in [0.15, 0.2) is 0 Å². The summed E-state index contributed by atoms with van der Waals surface area (Å²) in [5.74, 6) is 1.09. The molecule has 2 aromatic rings. The smallest absolute Gasteiger partial charge is 0.139 e. The second-order valence-corrected chi connectivity index (χ2v) is 6.10. The number of morpholine rings is 1. The Hall–Kier alpha value is -1.72. The van der Waals surface area contributed by atoms with Crippen molar-refractivity contribution in [1.29, 1.82) is 0 Å². The quantitative estimate of drug-likeness (QED) is 0.847. The number of benzene rings is 1. The fourth-order valence-electron chi connectivity index (χ4n) is 3.63. The molecule has 3 heterocycles. The zero-order valence-electron chi connectivity index (χ0n) is 12.8. The molecule has 2 aliphatic heterocycles. The summed E-state index contributed by atoms with van der Waals surface area (Å²) in [5.41, 5.74) is 1.03. The first-order valence-electron chi connectivity index (χ1n) is 8.18. The number of ether oxygens (including phenoxy) is 1. The van der Waals surface area contributed by atoms with Crippen LogP contribution in [0.2, 0.25) is 0 Å². The van der Waals surface area contributed by atoms with E-state index in [4.69, 9.17) is 4.74 Å². The summed E-state index contributed by atoms with van der Waals surface area (Å²) in [6.45, 7) is 5.99. The number of anilines is 1. The molecular formula is C17H22N4O. The number of rotatable bonds is 2. The van der Waals surface area contributed by atoms with Crippen molar-refractivity contribution in [3.05, 3.63) is 30.6 Å². The van der Waals surface area contributed by atoms with Crippen LogP contribution in [0.4, 0.5) is 5.82 Å². The lowest BCUT2D eigenvalue weighted by Crippen LogP contribution is -2.51. The standard InChI is InChI=1S/C17H22N4O/c1-2-6-16-15(5-1)17(19-13-18-16)21-7-3-4-14(12-21)20-8-10-22-11-9-20/h1-2,5-6,13-14H,3-4,7-12H2. The number of para-hydroxylation sites is 1. The summed E-state index contributed by atoms with van der Waals surface area (Å²) in [7, 11) is 0. The Morgan fingerprint density at radius 3 is 2.82 bits per heavy atom. The fourth-order valence-corrected chi connectivity index (χ4v) is 3.63. The van der Waals surface area contributed by atoms with Gasteiger partial charge in [-0.3, -0.25) is 4.90 Å². The lowest BCUT2D eigenvalue weighted by Gasteiger charge is -2.41. The van der Waals surface area contributed by atoms with Gasteiger partial charge in [0.2, 0.25) is 0 Å². The van der Waals surface area contributed by atoms with Crippen LogP contribution in [-0.4, -0.2) is 60.3 Å². The molecule has 4 rings (SSSR count). The highest BCUT2D eigenvalue weighted by Gasteiger charge is 2.27. The van der Waals surface area contributed by atoms with Crippen molar-refractivity contribution in [3.63, 3.8) is 0 Å². The van der Waals surface area contributed by atoms with Crippen LogP contribution in [-0.2, 0) is 4.74 Å². The Kier molecular flexibility index (Phi) is 3.91. The minimum atomic E-state index is 0.617. The van der Waals surface area contributed by atoms with Gasteiger partial charge < -0.3 is 9.64 Å². The number of aromatic nitrogens is 2. The Balaban J connectivity index is 1.58. The summed E-state index contributed by atoms with van der Waals surface area (Å²) in [5, 5.41) is 1.16. The molecule has 1 unspecified atom stereocenters. The number of hydrogen-bond donors (Lipinski definition) is 0. The van der Waals surface area contributed by atoms with Crippen molar-refractivity contribution in [2.24, 2.45) is 0 Å². The molecule has 1 aromatic heterocycles. The molecule has 5 heteroatoms. The normalized spacial score (nSPS) is 23.8. The zero-order chi connectivity index (χ0) is 14.8. The van der Waals surface area contributed by atoms with E-state index in [0.717, 1.165) is 56.1 Å². The molecule has 116 valence electrons. The molecule has 0 bridgehead atoms. The Morgan fingerprint density at radius 2 is 1.91 bits per heavy atom. The van der Waals surface area contributed by atoms with Gasteiger partial charge in [-0.1, -0.05) is 12.1 Å². The van der Waals surface area contributed by atoms with Crippen LogP contribution in [0.5, 0.6) is 0 Å². The predicted octanol–water partition coefficient (Wildman–Crippen LogP) is 1.93. The lowest BCUT2D eigenvalue weighted by molar-refractivity contribution is 0.0137. The number of nitrogens with zero attached hydrogens (tertiary/aromatic N) is 4. The lowest BCUT2D eigenvalue weighted by atomic mass is 10.0. The second-order valence-electron chi connectivity index (χ2n) is 6.10. The van der Waals surface area contributed by atoms with E-state index in [1.165, 1.54) is 12.8 Å². The molecule has 2 fully saturated rings. The molecule has 0 aliphatic carbocycles. The van der Waals surface area contributed by atoms with E-state index in [1.807, 2.05) is 6.07 Å². The van der Waals surface area contributed by atoms with Crippen LogP contribution in [0, 0.1) is 0 Å². The van der Waals surface area contributed by atoms with Crippen LogP contribution >= 0.6 is 0 Å². The molecule has 1 aromatic carbocycles. The molecule has 2 saturated heterocycles. The van der Waals surface area contributed by atoms with E-state index in [9.17, 15) is 0 Å². The van der Waals surface area contributed by atoms with E-state index < -0.39 is 0 Å². The SMILES string of the molecule is c1ccc2c(N3CCCC(N4CCOCC4)C3)ncnc2c1. The van der Waals surface area contributed by atoms with Crippen molar-refractivity contribution in [1.82, 2.24) is 14.9 Å². The third-order valence-corrected chi connectivity index (χ3v) is 4.78. The third kappa shape index (κ3) is 2.66. The van der Waals surface area contributed by atoms with Gasteiger partial charge in [0.05, 0.1) is 18.7 Å². The molecule has 5 nitrogen and oxygen atoms in total. The van der Waals surface area contributed by atoms with Gasteiger partial charge in [0.25, 0.3) is 0 Å². The predicted molar refractivity (Wildman–Crippen MR) is 87.2 cm³/mol. The van der Waals surface area contributed by atoms with Crippen molar-refractivity contribution in [2.75, 3.05) is 44.3 Å². The summed E-state index contributed by atoms with van der Waals surface area (Å²) >= 11 is 0. The Labute approximate surface area is 130 Å². The number of piperidine rings is 1. The van der Waals surface area contributed by atoms with Gasteiger partial charge in [-0.15, -0.1) is 0 Å². The highest BCUT2D eigenvalue weighted by molar-refractivity contribution is 5.89. The fraction of sp³-hybridized carbons (Fsp3) is 0.529. The molecule has 22 heavy (non-hydrogen) atoms. The van der Waals surface area contributed by atoms with Crippen molar-refractivity contribution < 1.29 is 4.74 Å².